The minimum absolute atomic E-state index is 0.00770. The molecule has 1 saturated carbocycles. The minimum Gasteiger partial charge on any atom is -0.457 e. The van der Waals surface area contributed by atoms with Crippen molar-refractivity contribution in [3.8, 4) is 11.3 Å². The highest BCUT2D eigenvalue weighted by Gasteiger charge is 2.38. The van der Waals surface area contributed by atoms with E-state index in [1.807, 2.05) is 42.2 Å². The van der Waals surface area contributed by atoms with Gasteiger partial charge in [-0.05, 0) is 61.4 Å². The molecule has 2 aliphatic rings. The molecule has 7 nitrogen and oxygen atoms in total. The number of aryl methyl sites for hydroxylation is 1. The molecule has 2 heterocycles. The van der Waals surface area contributed by atoms with Gasteiger partial charge in [0.05, 0.1) is 15.5 Å². The van der Waals surface area contributed by atoms with E-state index < -0.39 is 4.92 Å². The van der Waals surface area contributed by atoms with Crippen molar-refractivity contribution in [3.63, 3.8) is 0 Å². The van der Waals surface area contributed by atoms with E-state index >= 15 is 0 Å². The average Bonchev–Trinajstić information content (AvgIpc) is 3.45. The van der Waals surface area contributed by atoms with Crippen LogP contribution in [0.25, 0.3) is 17.4 Å². The molecule has 1 aromatic heterocycles. The Balaban J connectivity index is 1.47. The Labute approximate surface area is 207 Å². The van der Waals surface area contributed by atoms with Gasteiger partial charge in [-0.25, -0.2) is 4.99 Å². The number of benzene rings is 2. The third-order valence-corrected chi connectivity index (χ3v) is 7.34. The van der Waals surface area contributed by atoms with Gasteiger partial charge in [0.15, 0.2) is 5.17 Å². The summed E-state index contributed by atoms with van der Waals surface area (Å²) in [6.07, 6.45) is 7.12. The summed E-state index contributed by atoms with van der Waals surface area (Å²) < 4.78 is 6.01. The number of nitro groups is 1. The lowest BCUT2D eigenvalue weighted by Crippen LogP contribution is -2.40. The molecule has 178 valence electrons. The van der Waals surface area contributed by atoms with Crippen LogP contribution in [-0.2, 0) is 4.79 Å². The van der Waals surface area contributed by atoms with Crippen molar-refractivity contribution >= 4 is 40.3 Å². The van der Waals surface area contributed by atoms with Gasteiger partial charge in [0.25, 0.3) is 11.6 Å². The molecular formula is C27H25N3O4S. The number of aliphatic imine (C=N–C) groups is 1. The van der Waals surface area contributed by atoms with Crippen molar-refractivity contribution in [2.45, 2.75) is 45.1 Å². The number of hydrogen-bond donors (Lipinski definition) is 0. The second-order valence-corrected chi connectivity index (χ2v) is 9.78. The molecule has 5 rings (SSSR count). The highest BCUT2D eigenvalue weighted by Crippen LogP contribution is 2.39. The van der Waals surface area contributed by atoms with Gasteiger partial charge < -0.3 is 4.42 Å². The zero-order valence-corrected chi connectivity index (χ0v) is 20.2. The summed E-state index contributed by atoms with van der Waals surface area (Å²) >= 11 is 1.36. The van der Waals surface area contributed by atoms with E-state index in [0.29, 0.717) is 27.2 Å². The van der Waals surface area contributed by atoms with Gasteiger partial charge in [0.2, 0.25) is 0 Å². The summed E-state index contributed by atoms with van der Waals surface area (Å²) in [5.74, 6) is 0.989. The molecule has 2 aromatic carbocycles. The standard InChI is InChI=1S/C27H25N3O4S/c1-18-12-13-21(30(32)33)16-23(18)24-15-14-22(34-24)17-25-26(31)29(20-10-6-3-7-11-20)27(35-25)28-19-8-4-2-5-9-19/h2,4-5,8-9,12-17,20H,3,6-7,10-11H2,1H3/b25-17-,28-27?. The van der Waals surface area contributed by atoms with E-state index in [1.165, 1.54) is 30.3 Å². The van der Waals surface area contributed by atoms with Gasteiger partial charge in [-0.1, -0.05) is 43.5 Å². The van der Waals surface area contributed by atoms with Crippen LogP contribution in [0.5, 0.6) is 0 Å². The lowest BCUT2D eigenvalue weighted by atomic mass is 9.94. The van der Waals surface area contributed by atoms with Crippen molar-refractivity contribution in [3.05, 3.63) is 87.0 Å². The lowest BCUT2D eigenvalue weighted by Gasteiger charge is -2.30. The van der Waals surface area contributed by atoms with Crippen LogP contribution in [0.3, 0.4) is 0 Å². The van der Waals surface area contributed by atoms with Crippen LogP contribution in [-0.4, -0.2) is 26.9 Å². The highest BCUT2D eigenvalue weighted by atomic mass is 32.2. The average molecular weight is 488 g/mol. The van der Waals surface area contributed by atoms with Crippen LogP contribution >= 0.6 is 11.8 Å². The van der Waals surface area contributed by atoms with Gasteiger partial charge in [0, 0.05) is 29.8 Å². The van der Waals surface area contributed by atoms with Crippen LogP contribution in [0.1, 0.15) is 43.4 Å². The molecule has 0 N–H and O–H groups in total. The first-order chi connectivity index (χ1) is 17.0. The fourth-order valence-corrected chi connectivity index (χ4v) is 5.57. The molecule has 2 fully saturated rings. The summed E-state index contributed by atoms with van der Waals surface area (Å²) in [6, 6.07) is 18.1. The quantitative estimate of drug-likeness (QED) is 0.217. The topological polar surface area (TPSA) is 89.0 Å². The van der Waals surface area contributed by atoms with Crippen LogP contribution in [0.2, 0.25) is 0 Å². The van der Waals surface area contributed by atoms with E-state index in [-0.39, 0.29) is 17.6 Å². The SMILES string of the molecule is Cc1ccc([N+](=O)[O-])cc1-c1ccc(/C=C2\SC(=Nc3ccccc3)N(C3CCCCC3)C2=O)o1. The molecule has 35 heavy (non-hydrogen) atoms. The number of amidine groups is 1. The first kappa shape index (κ1) is 23.1. The summed E-state index contributed by atoms with van der Waals surface area (Å²) in [4.78, 5) is 31.5. The van der Waals surface area contributed by atoms with Crippen molar-refractivity contribution < 1.29 is 14.1 Å². The number of carbonyl (C=O) groups is 1. The van der Waals surface area contributed by atoms with E-state index in [9.17, 15) is 14.9 Å². The molecule has 0 bridgehead atoms. The van der Waals surface area contributed by atoms with Crippen molar-refractivity contribution in [2.24, 2.45) is 4.99 Å². The minimum atomic E-state index is -0.421. The summed E-state index contributed by atoms with van der Waals surface area (Å²) in [5.41, 5.74) is 2.35. The number of rotatable bonds is 5. The zero-order valence-electron chi connectivity index (χ0n) is 19.3. The molecule has 1 aliphatic heterocycles. The molecule has 8 heteroatoms. The number of furan rings is 1. The predicted octanol–water partition coefficient (Wildman–Crippen LogP) is 7.10. The third-order valence-electron chi connectivity index (χ3n) is 6.36. The molecule has 1 amide bonds. The fourth-order valence-electron chi connectivity index (χ4n) is 4.53. The van der Waals surface area contributed by atoms with Crippen LogP contribution in [0, 0.1) is 17.0 Å². The molecule has 0 unspecified atom stereocenters. The Bertz CT molecular complexity index is 1320. The Morgan fingerprint density at radius 3 is 2.60 bits per heavy atom. The van der Waals surface area contributed by atoms with Gasteiger partial charge in [0.1, 0.15) is 11.5 Å². The highest BCUT2D eigenvalue weighted by molar-refractivity contribution is 8.18. The smallest absolute Gasteiger partial charge is 0.270 e. The maximum atomic E-state index is 13.5. The number of non-ortho nitro benzene ring substituents is 1. The maximum absolute atomic E-state index is 13.5. The lowest BCUT2D eigenvalue weighted by molar-refractivity contribution is -0.384. The van der Waals surface area contributed by atoms with Crippen LogP contribution in [0.15, 0.2) is 75.0 Å². The van der Waals surface area contributed by atoms with E-state index in [0.717, 1.165) is 36.9 Å². The largest absolute Gasteiger partial charge is 0.457 e. The second-order valence-electron chi connectivity index (χ2n) is 8.77. The maximum Gasteiger partial charge on any atom is 0.270 e. The number of thioether (sulfide) groups is 1. The zero-order chi connectivity index (χ0) is 24.4. The summed E-state index contributed by atoms with van der Waals surface area (Å²) in [7, 11) is 0. The Morgan fingerprint density at radius 2 is 1.86 bits per heavy atom. The number of amides is 1. The Kier molecular flexibility index (Phi) is 6.55. The van der Waals surface area contributed by atoms with Gasteiger partial charge in [-0.15, -0.1) is 0 Å². The molecule has 1 saturated heterocycles. The number of hydrogen-bond acceptors (Lipinski definition) is 6. The van der Waals surface area contributed by atoms with Crippen LogP contribution in [0.4, 0.5) is 11.4 Å². The molecule has 1 aliphatic carbocycles. The van der Waals surface area contributed by atoms with Gasteiger partial charge in [-0.2, -0.15) is 0 Å². The molecule has 0 atom stereocenters. The predicted molar refractivity (Wildman–Crippen MR) is 138 cm³/mol. The summed E-state index contributed by atoms with van der Waals surface area (Å²) in [5, 5.41) is 11.9. The third kappa shape index (κ3) is 4.93. The monoisotopic (exact) mass is 487 g/mol. The fraction of sp³-hybridized carbons (Fsp3) is 0.259. The summed E-state index contributed by atoms with van der Waals surface area (Å²) in [6.45, 7) is 1.88. The molecule has 0 radical (unpaired) electrons. The number of carbonyl (C=O) groups excluding carboxylic acids is 1. The van der Waals surface area contributed by atoms with Gasteiger partial charge in [-0.3, -0.25) is 19.8 Å². The Hall–Kier alpha value is -3.65. The second kappa shape index (κ2) is 9.92. The first-order valence-corrected chi connectivity index (χ1v) is 12.5. The number of para-hydroxylation sites is 1. The number of nitrogens with zero attached hydrogens (tertiary/aromatic N) is 3. The van der Waals surface area contributed by atoms with Gasteiger partial charge >= 0.3 is 0 Å². The van der Waals surface area contributed by atoms with E-state index in [1.54, 1.807) is 24.3 Å². The van der Waals surface area contributed by atoms with Crippen molar-refractivity contribution in [2.75, 3.05) is 0 Å². The Morgan fingerprint density at radius 1 is 1.09 bits per heavy atom. The molecule has 0 spiro atoms. The molecular weight excluding hydrogens is 462 g/mol. The van der Waals surface area contributed by atoms with Crippen molar-refractivity contribution in [1.82, 2.24) is 4.90 Å². The first-order valence-electron chi connectivity index (χ1n) is 11.7. The van der Waals surface area contributed by atoms with E-state index in [2.05, 4.69) is 0 Å². The normalized spacial score (nSPS) is 19.1. The van der Waals surface area contributed by atoms with Crippen LogP contribution < -0.4 is 0 Å². The van der Waals surface area contributed by atoms with E-state index in [4.69, 9.17) is 9.41 Å². The molecule has 3 aromatic rings. The van der Waals surface area contributed by atoms with Crippen molar-refractivity contribution in [1.29, 1.82) is 0 Å². The number of nitro benzene ring substituents is 1.